The Bertz CT molecular complexity index is 602. The summed E-state index contributed by atoms with van der Waals surface area (Å²) in [6, 6.07) is 6.19. The molecule has 2 rings (SSSR count). The molecule has 0 aliphatic rings. The zero-order chi connectivity index (χ0) is 14.7. The van der Waals surface area contributed by atoms with Gasteiger partial charge in [-0.2, -0.15) is 0 Å². The van der Waals surface area contributed by atoms with E-state index in [1.54, 1.807) is 24.1 Å². The van der Waals surface area contributed by atoms with Gasteiger partial charge in [0.2, 0.25) is 0 Å². The predicted molar refractivity (Wildman–Crippen MR) is 74.2 cm³/mol. The van der Waals surface area contributed by atoms with E-state index in [0.717, 1.165) is 0 Å². The van der Waals surface area contributed by atoms with Crippen molar-refractivity contribution in [1.82, 2.24) is 10.2 Å². The molecule has 0 amide bonds. The molecule has 0 unspecified atom stereocenters. The maximum absolute atomic E-state index is 13.3. The van der Waals surface area contributed by atoms with Gasteiger partial charge in [-0.15, -0.1) is 10.2 Å². The molecular weight excluding hydrogens is 261 g/mol. The van der Waals surface area contributed by atoms with E-state index in [2.05, 4.69) is 10.2 Å². The molecule has 0 atom stereocenters. The molecule has 2 aromatic rings. The van der Waals surface area contributed by atoms with Gasteiger partial charge in [0.1, 0.15) is 11.6 Å². The van der Waals surface area contributed by atoms with Crippen molar-refractivity contribution in [3.05, 3.63) is 35.6 Å². The molecule has 0 saturated carbocycles. The SMILES string of the molecule is Cc1c(F)ccc(-c2ccc(N(C)CCO)nn2)c1O. The fraction of sp³-hybridized carbons (Fsp3) is 0.286. The fourth-order valence-electron chi connectivity index (χ4n) is 1.82. The Morgan fingerprint density at radius 1 is 1.20 bits per heavy atom. The van der Waals surface area contributed by atoms with E-state index in [1.807, 2.05) is 0 Å². The summed E-state index contributed by atoms with van der Waals surface area (Å²) in [5.41, 5.74) is 1.09. The Labute approximate surface area is 116 Å². The van der Waals surface area contributed by atoms with Gasteiger partial charge in [-0.05, 0) is 31.2 Å². The summed E-state index contributed by atoms with van der Waals surface area (Å²) < 4.78 is 13.3. The number of hydrogen-bond acceptors (Lipinski definition) is 5. The highest BCUT2D eigenvalue weighted by molar-refractivity contribution is 5.68. The maximum Gasteiger partial charge on any atom is 0.151 e. The first kappa shape index (κ1) is 14.2. The summed E-state index contributed by atoms with van der Waals surface area (Å²) in [5, 5.41) is 26.9. The Morgan fingerprint density at radius 2 is 1.95 bits per heavy atom. The molecule has 5 nitrogen and oxygen atoms in total. The normalized spacial score (nSPS) is 10.6. The first-order valence-electron chi connectivity index (χ1n) is 6.18. The summed E-state index contributed by atoms with van der Waals surface area (Å²) in [6.07, 6.45) is 0. The first-order valence-corrected chi connectivity index (χ1v) is 6.18. The lowest BCUT2D eigenvalue weighted by atomic mass is 10.1. The van der Waals surface area contributed by atoms with Gasteiger partial charge in [-0.1, -0.05) is 0 Å². The highest BCUT2D eigenvalue weighted by Gasteiger charge is 2.12. The number of aromatic hydroxyl groups is 1. The van der Waals surface area contributed by atoms with Gasteiger partial charge in [0.25, 0.3) is 0 Å². The molecule has 0 fully saturated rings. The molecular formula is C14H16FN3O2. The van der Waals surface area contributed by atoms with Crippen LogP contribution in [-0.4, -0.2) is 40.6 Å². The smallest absolute Gasteiger partial charge is 0.151 e. The van der Waals surface area contributed by atoms with Crippen LogP contribution in [0, 0.1) is 12.7 Å². The Balaban J connectivity index is 2.33. The van der Waals surface area contributed by atoms with E-state index in [1.165, 1.54) is 19.1 Å². The molecule has 0 saturated heterocycles. The van der Waals surface area contributed by atoms with Crippen molar-refractivity contribution in [3.63, 3.8) is 0 Å². The molecule has 106 valence electrons. The van der Waals surface area contributed by atoms with Crippen LogP contribution in [0.15, 0.2) is 24.3 Å². The standard InChI is InChI=1S/C14H16FN3O2/c1-9-11(15)4-3-10(14(9)20)12-5-6-13(17-16-12)18(2)7-8-19/h3-6,19-20H,7-8H2,1-2H3. The molecule has 0 bridgehead atoms. The van der Waals surface area contributed by atoms with E-state index in [4.69, 9.17) is 5.11 Å². The zero-order valence-corrected chi connectivity index (χ0v) is 11.3. The van der Waals surface area contributed by atoms with Crippen LogP contribution in [0.4, 0.5) is 10.2 Å². The van der Waals surface area contributed by atoms with Gasteiger partial charge >= 0.3 is 0 Å². The molecule has 2 N–H and O–H groups in total. The third kappa shape index (κ3) is 2.70. The molecule has 1 aromatic carbocycles. The van der Waals surface area contributed by atoms with E-state index in [-0.39, 0.29) is 17.9 Å². The number of hydrogen-bond donors (Lipinski definition) is 2. The first-order chi connectivity index (χ1) is 9.54. The van der Waals surface area contributed by atoms with Gasteiger partial charge in [0, 0.05) is 24.7 Å². The van der Waals surface area contributed by atoms with Gasteiger partial charge in [-0.25, -0.2) is 4.39 Å². The summed E-state index contributed by atoms with van der Waals surface area (Å²) in [7, 11) is 1.79. The van der Waals surface area contributed by atoms with Gasteiger partial charge in [-0.3, -0.25) is 0 Å². The molecule has 0 aliphatic carbocycles. The summed E-state index contributed by atoms with van der Waals surface area (Å²) in [6.45, 7) is 1.98. The molecule has 0 radical (unpaired) electrons. The van der Waals surface area contributed by atoms with Gasteiger partial charge < -0.3 is 15.1 Å². The van der Waals surface area contributed by atoms with E-state index < -0.39 is 5.82 Å². The van der Waals surface area contributed by atoms with Crippen LogP contribution in [0.1, 0.15) is 5.56 Å². The number of nitrogens with zero attached hydrogens (tertiary/aromatic N) is 3. The number of halogens is 1. The van der Waals surface area contributed by atoms with Crippen molar-refractivity contribution in [3.8, 4) is 17.0 Å². The number of aliphatic hydroxyl groups excluding tert-OH is 1. The average Bonchev–Trinajstić information content (AvgIpc) is 2.45. The fourth-order valence-corrected chi connectivity index (χ4v) is 1.82. The number of rotatable bonds is 4. The van der Waals surface area contributed by atoms with Crippen LogP contribution in [0.2, 0.25) is 0 Å². The highest BCUT2D eigenvalue weighted by atomic mass is 19.1. The number of benzene rings is 1. The lowest BCUT2D eigenvalue weighted by molar-refractivity contribution is 0.303. The van der Waals surface area contributed by atoms with Crippen LogP contribution in [0.25, 0.3) is 11.3 Å². The number of likely N-dealkylation sites (N-methyl/N-ethyl adjacent to an activating group) is 1. The van der Waals surface area contributed by atoms with Gasteiger partial charge in [0.15, 0.2) is 5.82 Å². The minimum atomic E-state index is -0.460. The van der Waals surface area contributed by atoms with Crippen LogP contribution in [0.5, 0.6) is 5.75 Å². The van der Waals surface area contributed by atoms with Crippen molar-refractivity contribution in [2.75, 3.05) is 25.1 Å². The van der Waals surface area contributed by atoms with Crippen molar-refractivity contribution in [1.29, 1.82) is 0 Å². The average molecular weight is 277 g/mol. The van der Waals surface area contributed by atoms with Crippen molar-refractivity contribution >= 4 is 5.82 Å². The summed E-state index contributed by atoms with van der Waals surface area (Å²) in [4.78, 5) is 1.76. The van der Waals surface area contributed by atoms with Gasteiger partial charge in [0.05, 0.1) is 12.3 Å². The maximum atomic E-state index is 13.3. The summed E-state index contributed by atoms with van der Waals surface area (Å²) in [5.74, 6) is 0.0235. The topological polar surface area (TPSA) is 69.5 Å². The van der Waals surface area contributed by atoms with Crippen LogP contribution in [0.3, 0.4) is 0 Å². The third-order valence-corrected chi connectivity index (χ3v) is 3.12. The van der Waals surface area contributed by atoms with Crippen molar-refractivity contribution in [2.24, 2.45) is 0 Å². The Hall–Kier alpha value is -2.21. The largest absolute Gasteiger partial charge is 0.507 e. The monoisotopic (exact) mass is 277 g/mol. The van der Waals surface area contributed by atoms with Crippen molar-refractivity contribution < 1.29 is 14.6 Å². The lowest BCUT2D eigenvalue weighted by Crippen LogP contribution is -2.22. The molecule has 1 aromatic heterocycles. The molecule has 0 aliphatic heterocycles. The molecule has 0 spiro atoms. The third-order valence-electron chi connectivity index (χ3n) is 3.12. The van der Waals surface area contributed by atoms with E-state index in [0.29, 0.717) is 23.6 Å². The Morgan fingerprint density at radius 3 is 2.55 bits per heavy atom. The molecule has 6 heteroatoms. The van der Waals surface area contributed by atoms with Crippen LogP contribution in [-0.2, 0) is 0 Å². The predicted octanol–water partition coefficient (Wildman–Crippen LogP) is 1.73. The second-order valence-electron chi connectivity index (χ2n) is 4.49. The molecule has 1 heterocycles. The van der Waals surface area contributed by atoms with Crippen LogP contribution < -0.4 is 4.90 Å². The van der Waals surface area contributed by atoms with E-state index >= 15 is 0 Å². The summed E-state index contributed by atoms with van der Waals surface area (Å²) >= 11 is 0. The number of phenolic OH excluding ortho intramolecular Hbond substituents is 1. The Kier molecular flexibility index (Phi) is 4.14. The highest BCUT2D eigenvalue weighted by Crippen LogP contribution is 2.32. The quantitative estimate of drug-likeness (QED) is 0.890. The second kappa shape index (κ2) is 5.83. The minimum Gasteiger partial charge on any atom is -0.507 e. The molecule has 20 heavy (non-hydrogen) atoms. The second-order valence-corrected chi connectivity index (χ2v) is 4.49. The zero-order valence-electron chi connectivity index (χ0n) is 11.3. The van der Waals surface area contributed by atoms with Crippen LogP contribution >= 0.6 is 0 Å². The van der Waals surface area contributed by atoms with E-state index in [9.17, 15) is 9.50 Å². The number of phenols is 1. The number of anilines is 1. The number of aliphatic hydroxyl groups is 1. The minimum absolute atomic E-state index is 0.0257. The lowest BCUT2D eigenvalue weighted by Gasteiger charge is -2.16. The van der Waals surface area contributed by atoms with Crippen molar-refractivity contribution in [2.45, 2.75) is 6.92 Å². The number of aromatic nitrogens is 2.